The van der Waals surface area contributed by atoms with Crippen molar-refractivity contribution in [2.24, 2.45) is 0 Å². The molecule has 0 aliphatic heterocycles. The van der Waals surface area contributed by atoms with Gasteiger partial charge in [-0.2, -0.15) is 13.2 Å². The van der Waals surface area contributed by atoms with Crippen molar-refractivity contribution in [3.8, 4) is 0 Å². The molecule has 0 unspecified atom stereocenters. The first kappa shape index (κ1) is 12.4. The Hall–Kier alpha value is -1.72. The lowest BCUT2D eigenvalue weighted by molar-refractivity contribution is -0.123. The number of benzene rings is 1. The fourth-order valence-electron chi connectivity index (χ4n) is 1.18. The van der Waals surface area contributed by atoms with E-state index in [1.165, 1.54) is 12.1 Å². The summed E-state index contributed by atoms with van der Waals surface area (Å²) in [6.07, 6.45) is -4.41. The smallest absolute Gasteiger partial charge is 0.398 e. The molecule has 0 aromatic heterocycles. The third-order valence-electron chi connectivity index (χ3n) is 2.07. The molecule has 1 amide bonds. The summed E-state index contributed by atoms with van der Waals surface area (Å²) in [5.74, 6) is -0.776. The van der Waals surface area contributed by atoms with Gasteiger partial charge in [0.1, 0.15) is 6.54 Å². The van der Waals surface area contributed by atoms with Crippen molar-refractivity contribution in [2.75, 3.05) is 12.3 Å². The molecule has 1 rings (SSSR count). The van der Waals surface area contributed by atoms with Gasteiger partial charge < -0.3 is 11.1 Å². The van der Waals surface area contributed by atoms with E-state index in [4.69, 9.17) is 5.73 Å². The fraction of sp³-hybridized carbons (Fsp3) is 0.300. The van der Waals surface area contributed by atoms with E-state index >= 15 is 0 Å². The highest BCUT2D eigenvalue weighted by atomic mass is 19.4. The Balaban J connectivity index is 2.78. The van der Waals surface area contributed by atoms with E-state index in [1.54, 1.807) is 18.3 Å². The van der Waals surface area contributed by atoms with E-state index in [9.17, 15) is 18.0 Å². The van der Waals surface area contributed by atoms with Crippen LogP contribution < -0.4 is 11.1 Å². The minimum atomic E-state index is -4.41. The predicted molar refractivity (Wildman–Crippen MR) is 54.0 cm³/mol. The molecular formula is C10H11F3N2O. The van der Waals surface area contributed by atoms with E-state index in [2.05, 4.69) is 0 Å². The number of rotatable bonds is 2. The molecule has 0 fully saturated rings. The normalized spacial score (nSPS) is 11.2. The number of nitrogens with one attached hydrogen (secondary N) is 1. The maximum absolute atomic E-state index is 11.9. The molecule has 1 aromatic carbocycles. The Kier molecular flexibility index (Phi) is 3.41. The molecule has 0 aliphatic rings. The number of hydrogen-bond donors (Lipinski definition) is 2. The largest absolute Gasteiger partial charge is 0.405 e. The number of alkyl halides is 3. The first-order valence-electron chi connectivity index (χ1n) is 4.51. The molecule has 88 valence electrons. The third-order valence-corrected chi connectivity index (χ3v) is 2.07. The zero-order chi connectivity index (χ0) is 12.3. The van der Waals surface area contributed by atoms with Gasteiger partial charge in [0.25, 0.3) is 5.91 Å². The van der Waals surface area contributed by atoms with Crippen molar-refractivity contribution in [1.82, 2.24) is 5.32 Å². The van der Waals surface area contributed by atoms with Crippen LogP contribution >= 0.6 is 0 Å². The molecule has 0 radical (unpaired) electrons. The SMILES string of the molecule is Cc1c(N)cccc1C(=O)NCC(F)(F)F. The molecule has 0 saturated heterocycles. The van der Waals surface area contributed by atoms with Gasteiger partial charge in [-0.15, -0.1) is 0 Å². The maximum Gasteiger partial charge on any atom is 0.405 e. The average Bonchev–Trinajstić information content (AvgIpc) is 2.17. The van der Waals surface area contributed by atoms with Crippen molar-refractivity contribution >= 4 is 11.6 Å². The molecule has 0 bridgehead atoms. The van der Waals surface area contributed by atoms with Crippen LogP contribution in [0, 0.1) is 6.92 Å². The van der Waals surface area contributed by atoms with Gasteiger partial charge in [0.2, 0.25) is 0 Å². The lowest BCUT2D eigenvalue weighted by Gasteiger charge is -2.10. The maximum atomic E-state index is 11.9. The number of nitrogens with two attached hydrogens (primary N) is 1. The van der Waals surface area contributed by atoms with Gasteiger partial charge in [0.05, 0.1) is 0 Å². The highest BCUT2D eigenvalue weighted by Crippen LogP contribution is 2.16. The summed E-state index contributed by atoms with van der Waals surface area (Å²) in [5.41, 5.74) is 6.54. The van der Waals surface area contributed by atoms with Crippen LogP contribution in [0.5, 0.6) is 0 Å². The van der Waals surface area contributed by atoms with Crippen LogP contribution in [0.3, 0.4) is 0 Å². The van der Waals surface area contributed by atoms with Crippen LogP contribution in [0.4, 0.5) is 18.9 Å². The second-order valence-corrected chi connectivity index (χ2v) is 3.32. The third kappa shape index (κ3) is 3.15. The molecule has 0 spiro atoms. The lowest BCUT2D eigenvalue weighted by Crippen LogP contribution is -2.34. The molecule has 3 nitrogen and oxygen atoms in total. The minimum Gasteiger partial charge on any atom is -0.398 e. The highest BCUT2D eigenvalue weighted by Gasteiger charge is 2.28. The Morgan fingerprint density at radius 2 is 2.06 bits per heavy atom. The zero-order valence-electron chi connectivity index (χ0n) is 8.56. The van der Waals surface area contributed by atoms with Crippen molar-refractivity contribution < 1.29 is 18.0 Å². The zero-order valence-corrected chi connectivity index (χ0v) is 8.56. The second kappa shape index (κ2) is 4.42. The van der Waals surface area contributed by atoms with Crippen LogP contribution in [-0.4, -0.2) is 18.6 Å². The topological polar surface area (TPSA) is 55.1 Å². The molecule has 6 heteroatoms. The summed E-state index contributed by atoms with van der Waals surface area (Å²) < 4.78 is 35.6. The summed E-state index contributed by atoms with van der Waals surface area (Å²) in [6, 6.07) is 4.53. The Bertz CT molecular complexity index is 402. The monoisotopic (exact) mass is 232 g/mol. The van der Waals surface area contributed by atoms with Crippen LogP contribution in [0.2, 0.25) is 0 Å². The molecule has 0 aliphatic carbocycles. The van der Waals surface area contributed by atoms with Crippen molar-refractivity contribution in [2.45, 2.75) is 13.1 Å². The van der Waals surface area contributed by atoms with E-state index < -0.39 is 18.6 Å². The summed E-state index contributed by atoms with van der Waals surface area (Å²) in [5, 5.41) is 1.79. The number of anilines is 1. The fourth-order valence-corrected chi connectivity index (χ4v) is 1.18. The van der Waals surface area contributed by atoms with Gasteiger partial charge in [-0.1, -0.05) is 6.07 Å². The summed E-state index contributed by atoms with van der Waals surface area (Å²) in [4.78, 5) is 11.4. The summed E-state index contributed by atoms with van der Waals surface area (Å²) >= 11 is 0. The van der Waals surface area contributed by atoms with Crippen LogP contribution in [-0.2, 0) is 0 Å². The number of amides is 1. The minimum absolute atomic E-state index is 0.157. The quantitative estimate of drug-likeness (QED) is 0.765. The van der Waals surface area contributed by atoms with Gasteiger partial charge in [-0.05, 0) is 24.6 Å². The summed E-state index contributed by atoms with van der Waals surface area (Å²) in [7, 11) is 0. The molecular weight excluding hydrogens is 221 g/mol. The van der Waals surface area contributed by atoms with Crippen molar-refractivity contribution in [3.63, 3.8) is 0 Å². The Labute approximate surface area is 90.4 Å². The average molecular weight is 232 g/mol. The second-order valence-electron chi connectivity index (χ2n) is 3.32. The lowest BCUT2D eigenvalue weighted by atomic mass is 10.1. The van der Waals surface area contributed by atoms with Gasteiger partial charge >= 0.3 is 6.18 Å². The molecule has 1 aromatic rings. The van der Waals surface area contributed by atoms with Gasteiger partial charge in [-0.25, -0.2) is 0 Å². The predicted octanol–water partition coefficient (Wildman–Crippen LogP) is 1.87. The molecule has 0 saturated carbocycles. The van der Waals surface area contributed by atoms with E-state index in [0.29, 0.717) is 11.3 Å². The standard InChI is InChI=1S/C10H11F3N2O/c1-6-7(3-2-4-8(6)14)9(16)15-5-10(11,12)13/h2-4H,5,14H2,1H3,(H,15,16). The van der Waals surface area contributed by atoms with Crippen LogP contribution in [0.25, 0.3) is 0 Å². The summed E-state index contributed by atoms with van der Waals surface area (Å²) in [6.45, 7) is 0.234. The van der Waals surface area contributed by atoms with E-state index in [-0.39, 0.29) is 5.56 Å². The first-order chi connectivity index (χ1) is 7.31. The molecule has 0 heterocycles. The molecule has 0 atom stereocenters. The number of carbonyl (C=O) groups is 1. The highest BCUT2D eigenvalue weighted by molar-refractivity contribution is 5.96. The number of halogens is 3. The van der Waals surface area contributed by atoms with Crippen molar-refractivity contribution in [3.05, 3.63) is 29.3 Å². The van der Waals surface area contributed by atoms with E-state index in [0.717, 1.165) is 0 Å². The molecule has 3 N–H and O–H groups in total. The van der Waals surface area contributed by atoms with Crippen LogP contribution in [0.15, 0.2) is 18.2 Å². The number of carbonyl (C=O) groups excluding carboxylic acids is 1. The Morgan fingerprint density at radius 1 is 1.44 bits per heavy atom. The number of hydrogen-bond acceptors (Lipinski definition) is 2. The van der Waals surface area contributed by atoms with Gasteiger partial charge in [0, 0.05) is 11.3 Å². The van der Waals surface area contributed by atoms with Gasteiger partial charge in [-0.3, -0.25) is 4.79 Å². The van der Waals surface area contributed by atoms with Crippen LogP contribution in [0.1, 0.15) is 15.9 Å². The first-order valence-corrected chi connectivity index (χ1v) is 4.51. The Morgan fingerprint density at radius 3 is 2.62 bits per heavy atom. The number of nitrogen functional groups attached to an aromatic ring is 1. The van der Waals surface area contributed by atoms with Gasteiger partial charge in [0.15, 0.2) is 0 Å². The van der Waals surface area contributed by atoms with Crippen molar-refractivity contribution in [1.29, 1.82) is 0 Å². The van der Waals surface area contributed by atoms with E-state index in [1.807, 2.05) is 0 Å². The molecule has 16 heavy (non-hydrogen) atoms.